The molecule has 1 N–H and O–H groups in total. The first-order chi connectivity index (χ1) is 14.0. The minimum atomic E-state index is -0.105. The van der Waals surface area contributed by atoms with E-state index in [1.165, 1.54) is 0 Å². The first kappa shape index (κ1) is 20.2. The van der Waals surface area contributed by atoms with E-state index in [1.807, 2.05) is 42.5 Å². The van der Waals surface area contributed by atoms with Crippen molar-refractivity contribution in [1.29, 1.82) is 0 Å². The number of hydrogen-bond acceptors (Lipinski definition) is 3. The molecule has 3 aromatic rings. The number of benzene rings is 1. The summed E-state index contributed by atoms with van der Waals surface area (Å²) in [7, 11) is 0. The molecule has 0 saturated carbocycles. The monoisotopic (exact) mass is 445 g/mol. The van der Waals surface area contributed by atoms with Gasteiger partial charge in [0.25, 0.3) is 0 Å². The van der Waals surface area contributed by atoms with E-state index in [9.17, 15) is 0 Å². The number of nitrogens with zero attached hydrogens (tertiary/aromatic N) is 2. The van der Waals surface area contributed by atoms with Gasteiger partial charge in [0.2, 0.25) is 0 Å². The Hall–Kier alpha value is -2.08. The predicted molar refractivity (Wildman–Crippen MR) is 121 cm³/mol. The molecule has 2 atom stereocenters. The summed E-state index contributed by atoms with van der Waals surface area (Å²) in [6.45, 7) is 5.16. The van der Waals surface area contributed by atoms with E-state index in [-0.39, 0.29) is 12.1 Å². The number of furan rings is 1. The number of rotatable bonds is 5. The van der Waals surface area contributed by atoms with E-state index in [0.717, 1.165) is 23.6 Å². The molecule has 1 aliphatic rings. The van der Waals surface area contributed by atoms with Crippen molar-refractivity contribution in [3.8, 4) is 11.3 Å². The molecule has 1 saturated heterocycles. The Bertz CT molecular complexity index is 1020. The van der Waals surface area contributed by atoms with E-state index in [0.29, 0.717) is 26.8 Å². The minimum Gasteiger partial charge on any atom is -0.459 e. The molecule has 7 heteroatoms. The van der Waals surface area contributed by atoms with Crippen molar-refractivity contribution in [3.63, 3.8) is 0 Å². The third-order valence-electron chi connectivity index (χ3n) is 4.89. The van der Waals surface area contributed by atoms with Crippen LogP contribution in [0.25, 0.3) is 11.3 Å². The standard InChI is InChI=1S/C22H21Cl2N3OS/c1-13(2)12-27-21(20(26-22(27)29)16-8-3-4-11-25-16)18-10-9-17(28-18)14-6-5-7-15(23)19(14)24/h3-11,13,20-21H,12H2,1-2H3,(H,26,29)/t20-,21+/m1/s1. The van der Waals surface area contributed by atoms with Crippen LogP contribution in [0.2, 0.25) is 10.0 Å². The predicted octanol–water partition coefficient (Wildman–Crippen LogP) is 6.28. The maximum Gasteiger partial charge on any atom is 0.170 e. The topological polar surface area (TPSA) is 41.3 Å². The molecule has 0 unspecified atom stereocenters. The minimum absolute atomic E-state index is 0.101. The van der Waals surface area contributed by atoms with E-state index >= 15 is 0 Å². The van der Waals surface area contributed by atoms with E-state index < -0.39 is 0 Å². The maximum absolute atomic E-state index is 6.40. The fraction of sp³-hybridized carbons (Fsp3) is 0.273. The van der Waals surface area contributed by atoms with E-state index in [4.69, 9.17) is 39.8 Å². The van der Waals surface area contributed by atoms with Gasteiger partial charge in [-0.2, -0.15) is 0 Å². The van der Waals surface area contributed by atoms with Crippen molar-refractivity contribution in [2.45, 2.75) is 25.9 Å². The van der Waals surface area contributed by atoms with Crippen LogP contribution in [0.3, 0.4) is 0 Å². The second-order valence-corrected chi connectivity index (χ2v) is 8.65. The molecule has 1 aliphatic heterocycles. The highest BCUT2D eigenvalue weighted by Gasteiger charge is 2.41. The molecule has 0 amide bonds. The van der Waals surface area contributed by atoms with Crippen molar-refractivity contribution < 1.29 is 4.42 Å². The SMILES string of the molecule is CC(C)CN1C(=S)N[C@H](c2ccccn2)[C@@H]1c1ccc(-c2cccc(Cl)c2Cl)o1. The van der Waals surface area contributed by atoms with Crippen molar-refractivity contribution in [2.24, 2.45) is 5.92 Å². The van der Waals surface area contributed by atoms with Gasteiger partial charge < -0.3 is 14.6 Å². The van der Waals surface area contributed by atoms with Gasteiger partial charge in [0.15, 0.2) is 5.11 Å². The number of aromatic nitrogens is 1. The summed E-state index contributed by atoms with van der Waals surface area (Å²) in [5.41, 5.74) is 1.69. The molecule has 4 rings (SSSR count). The van der Waals surface area contributed by atoms with Crippen LogP contribution >= 0.6 is 35.4 Å². The third kappa shape index (κ3) is 4.00. The fourth-order valence-electron chi connectivity index (χ4n) is 3.66. The number of halogens is 2. The number of pyridine rings is 1. The first-order valence-corrected chi connectivity index (χ1v) is 10.6. The summed E-state index contributed by atoms with van der Waals surface area (Å²) in [4.78, 5) is 6.73. The molecule has 4 nitrogen and oxygen atoms in total. The Morgan fingerprint density at radius 2 is 1.97 bits per heavy atom. The van der Waals surface area contributed by atoms with Gasteiger partial charge >= 0.3 is 0 Å². The van der Waals surface area contributed by atoms with Crippen LogP contribution in [-0.4, -0.2) is 21.5 Å². The van der Waals surface area contributed by atoms with Gasteiger partial charge in [-0.1, -0.05) is 49.2 Å². The highest BCUT2D eigenvalue weighted by molar-refractivity contribution is 7.80. The third-order valence-corrected chi connectivity index (χ3v) is 6.07. The molecule has 3 heterocycles. The van der Waals surface area contributed by atoms with Crippen LogP contribution in [0.15, 0.2) is 59.1 Å². The molecule has 0 spiro atoms. The summed E-state index contributed by atoms with van der Waals surface area (Å²) >= 11 is 18.2. The van der Waals surface area contributed by atoms with Gasteiger partial charge in [-0.05, 0) is 54.5 Å². The van der Waals surface area contributed by atoms with Crippen molar-refractivity contribution in [1.82, 2.24) is 15.2 Å². The molecule has 1 fully saturated rings. The molecule has 1 aromatic carbocycles. The van der Waals surface area contributed by atoms with Crippen LogP contribution in [0.5, 0.6) is 0 Å². The molecular formula is C22H21Cl2N3OS. The van der Waals surface area contributed by atoms with Gasteiger partial charge in [-0.15, -0.1) is 0 Å². The lowest BCUT2D eigenvalue weighted by Gasteiger charge is -2.27. The number of nitrogens with one attached hydrogen (secondary N) is 1. The van der Waals surface area contributed by atoms with Gasteiger partial charge in [0.05, 0.1) is 21.8 Å². The first-order valence-electron chi connectivity index (χ1n) is 9.48. The zero-order valence-corrected chi connectivity index (χ0v) is 18.4. The quantitative estimate of drug-likeness (QED) is 0.468. The summed E-state index contributed by atoms with van der Waals surface area (Å²) < 4.78 is 6.29. The van der Waals surface area contributed by atoms with Crippen LogP contribution in [0.1, 0.15) is 37.4 Å². The van der Waals surface area contributed by atoms with E-state index in [1.54, 1.807) is 12.3 Å². The van der Waals surface area contributed by atoms with Gasteiger partial charge in [-0.25, -0.2) is 0 Å². The summed E-state index contributed by atoms with van der Waals surface area (Å²) in [5.74, 6) is 1.92. The Morgan fingerprint density at radius 3 is 2.69 bits per heavy atom. The Morgan fingerprint density at radius 1 is 1.14 bits per heavy atom. The van der Waals surface area contributed by atoms with Crippen LogP contribution in [0, 0.1) is 5.92 Å². The number of hydrogen-bond donors (Lipinski definition) is 1. The van der Waals surface area contributed by atoms with E-state index in [2.05, 4.69) is 29.0 Å². The zero-order chi connectivity index (χ0) is 20.5. The van der Waals surface area contributed by atoms with Crippen molar-refractivity contribution >= 4 is 40.5 Å². The molecule has 29 heavy (non-hydrogen) atoms. The summed E-state index contributed by atoms with van der Waals surface area (Å²) in [6.07, 6.45) is 1.79. The Balaban J connectivity index is 1.75. The van der Waals surface area contributed by atoms with Crippen LogP contribution in [-0.2, 0) is 0 Å². The average Bonchev–Trinajstić information content (AvgIpc) is 3.29. The van der Waals surface area contributed by atoms with Gasteiger partial charge in [-0.3, -0.25) is 4.98 Å². The largest absolute Gasteiger partial charge is 0.459 e. The maximum atomic E-state index is 6.40. The highest BCUT2D eigenvalue weighted by atomic mass is 35.5. The molecular weight excluding hydrogens is 425 g/mol. The van der Waals surface area contributed by atoms with Crippen molar-refractivity contribution in [2.75, 3.05) is 6.54 Å². The smallest absolute Gasteiger partial charge is 0.170 e. The molecule has 0 aliphatic carbocycles. The van der Waals surface area contributed by atoms with Gasteiger partial charge in [0.1, 0.15) is 17.6 Å². The summed E-state index contributed by atoms with van der Waals surface area (Å²) in [6, 6.07) is 15.1. The second kappa shape index (κ2) is 8.34. The zero-order valence-electron chi connectivity index (χ0n) is 16.1. The lowest BCUT2D eigenvalue weighted by molar-refractivity contribution is 0.253. The van der Waals surface area contributed by atoms with Crippen molar-refractivity contribution in [3.05, 3.63) is 76.2 Å². The average molecular weight is 446 g/mol. The Labute approximate surface area is 185 Å². The summed E-state index contributed by atoms with van der Waals surface area (Å²) in [5, 5.41) is 5.12. The second-order valence-electron chi connectivity index (χ2n) is 7.48. The number of thiocarbonyl (C=S) groups is 1. The fourth-order valence-corrected chi connectivity index (χ4v) is 4.36. The van der Waals surface area contributed by atoms with Crippen LogP contribution < -0.4 is 5.32 Å². The lowest BCUT2D eigenvalue weighted by Crippen LogP contribution is -2.32. The van der Waals surface area contributed by atoms with Gasteiger partial charge in [0, 0.05) is 18.3 Å². The molecule has 150 valence electrons. The van der Waals surface area contributed by atoms with Crippen LogP contribution in [0.4, 0.5) is 0 Å². The molecule has 0 radical (unpaired) electrons. The lowest BCUT2D eigenvalue weighted by atomic mass is 10.0. The Kier molecular flexibility index (Phi) is 5.81. The highest BCUT2D eigenvalue weighted by Crippen LogP contribution is 2.42. The molecule has 0 bridgehead atoms. The normalized spacial score (nSPS) is 19.1. The molecule has 2 aromatic heterocycles.